The van der Waals surface area contributed by atoms with Crippen LogP contribution in [0.1, 0.15) is 78.5 Å². The number of fused-ring (bicyclic) bond motifs is 2. The molecule has 1 atom stereocenters. The Morgan fingerprint density at radius 1 is 0.889 bits per heavy atom. The number of carboxylic acids is 1. The predicted octanol–water partition coefficient (Wildman–Crippen LogP) is 7.27. The molecule has 2 aromatic carbocycles. The van der Waals surface area contributed by atoms with Gasteiger partial charge in [-0.3, -0.25) is 4.98 Å². The molecule has 6 rings (SSSR count). The molecule has 0 saturated heterocycles. The minimum Gasteiger partial charge on any atom is -0.493 e. The van der Waals surface area contributed by atoms with E-state index < -0.39 is 17.7 Å². The van der Waals surface area contributed by atoms with Gasteiger partial charge in [0, 0.05) is 47.4 Å². The van der Waals surface area contributed by atoms with Crippen molar-refractivity contribution in [1.29, 1.82) is 0 Å². The Bertz CT molecular complexity index is 1770. The first-order valence-electron chi connectivity index (χ1n) is 15.7. The molecule has 1 N–H and O–H groups in total. The van der Waals surface area contributed by atoms with E-state index in [2.05, 4.69) is 34.1 Å². The molecule has 4 aromatic rings. The molecule has 0 bridgehead atoms. The number of aliphatic carboxylic acids is 1. The Labute approximate surface area is 265 Å². The van der Waals surface area contributed by atoms with E-state index in [1.165, 1.54) is 11.1 Å². The fourth-order valence-electron chi connectivity index (χ4n) is 6.70. The molecular formula is C37H42N4O4. The summed E-state index contributed by atoms with van der Waals surface area (Å²) in [4.78, 5) is 29.3. The SMILES string of the molecule is Cc1cc(N2CCc3cc(-c4c(C)nc(C)c(C(OC(C)(C)C)C(=O)O)c4-c4ccc5c(c4)CCCO5)ccc3C2)nc(C)n1. The summed E-state index contributed by atoms with van der Waals surface area (Å²) in [6.45, 7) is 15.8. The van der Waals surface area contributed by atoms with Crippen LogP contribution in [0.5, 0.6) is 5.75 Å². The third-order valence-corrected chi connectivity index (χ3v) is 8.55. The molecule has 1 unspecified atom stereocenters. The topological polar surface area (TPSA) is 97.7 Å². The normalized spacial score (nSPS) is 15.2. The lowest BCUT2D eigenvalue weighted by atomic mass is 9.84. The number of hydrogen-bond acceptors (Lipinski definition) is 7. The average Bonchev–Trinajstić information content (AvgIpc) is 2.98. The highest BCUT2D eigenvalue weighted by Gasteiger charge is 2.34. The first-order chi connectivity index (χ1) is 21.4. The minimum absolute atomic E-state index is 0.591. The molecule has 0 saturated carbocycles. The fourth-order valence-corrected chi connectivity index (χ4v) is 6.70. The zero-order chi connectivity index (χ0) is 32.0. The summed E-state index contributed by atoms with van der Waals surface area (Å²) >= 11 is 0. The molecule has 2 aliphatic rings. The molecule has 0 fully saturated rings. The van der Waals surface area contributed by atoms with Crippen molar-refractivity contribution in [2.24, 2.45) is 0 Å². The zero-order valence-corrected chi connectivity index (χ0v) is 27.3. The van der Waals surface area contributed by atoms with E-state index in [-0.39, 0.29) is 0 Å². The minimum atomic E-state index is -1.19. The summed E-state index contributed by atoms with van der Waals surface area (Å²) < 4.78 is 12.2. The van der Waals surface area contributed by atoms with Gasteiger partial charge in [-0.2, -0.15) is 0 Å². The van der Waals surface area contributed by atoms with Crippen molar-refractivity contribution in [3.63, 3.8) is 0 Å². The van der Waals surface area contributed by atoms with Gasteiger partial charge in [0.1, 0.15) is 17.4 Å². The average molecular weight is 607 g/mol. The molecule has 8 heteroatoms. The van der Waals surface area contributed by atoms with E-state index in [0.717, 1.165) is 88.9 Å². The molecule has 0 aliphatic carbocycles. The van der Waals surface area contributed by atoms with Gasteiger partial charge in [0.05, 0.1) is 12.2 Å². The lowest BCUT2D eigenvalue weighted by molar-refractivity contribution is -0.160. The smallest absolute Gasteiger partial charge is 0.337 e. The Morgan fingerprint density at radius 2 is 1.62 bits per heavy atom. The Hall–Kier alpha value is -4.30. The maximum absolute atomic E-state index is 12.9. The lowest BCUT2D eigenvalue weighted by Gasteiger charge is -2.31. The van der Waals surface area contributed by atoms with Crippen LogP contribution in [0, 0.1) is 27.7 Å². The fraction of sp³-hybridized carbons (Fsp3) is 0.405. The highest BCUT2D eigenvalue weighted by atomic mass is 16.5. The predicted molar refractivity (Wildman–Crippen MR) is 176 cm³/mol. The lowest BCUT2D eigenvalue weighted by Crippen LogP contribution is -2.31. The monoisotopic (exact) mass is 606 g/mol. The van der Waals surface area contributed by atoms with Gasteiger partial charge >= 0.3 is 5.97 Å². The summed E-state index contributed by atoms with van der Waals surface area (Å²) in [5.41, 5.74) is 9.80. The highest BCUT2D eigenvalue weighted by molar-refractivity contribution is 5.91. The number of benzene rings is 2. The number of pyridine rings is 1. The number of nitrogens with zero attached hydrogens (tertiary/aromatic N) is 4. The summed E-state index contributed by atoms with van der Waals surface area (Å²) in [7, 11) is 0. The van der Waals surface area contributed by atoms with Crippen molar-refractivity contribution in [2.45, 2.75) is 86.0 Å². The van der Waals surface area contributed by atoms with Crippen molar-refractivity contribution in [2.75, 3.05) is 18.1 Å². The van der Waals surface area contributed by atoms with Crippen molar-refractivity contribution >= 4 is 11.8 Å². The molecule has 0 amide bonds. The number of carbonyl (C=O) groups is 1. The molecule has 0 spiro atoms. The van der Waals surface area contributed by atoms with Gasteiger partial charge in [0.25, 0.3) is 0 Å². The van der Waals surface area contributed by atoms with Gasteiger partial charge in [-0.05, 0) is 113 Å². The standard InChI is InChI=1S/C37H42N4O4/c1-21-17-31(40-24(4)38-21)41-15-14-25-18-27(10-11-29(25)20-41)32-22(2)39-23(3)33(35(36(42)43)45-37(5,6)7)34(32)28-12-13-30-26(19-28)9-8-16-44-30/h10-13,17-19,35H,8-9,14-16,20H2,1-7H3,(H,42,43). The maximum atomic E-state index is 12.9. The molecule has 0 radical (unpaired) electrons. The van der Waals surface area contributed by atoms with E-state index in [4.69, 9.17) is 19.4 Å². The van der Waals surface area contributed by atoms with Crippen molar-refractivity contribution in [3.05, 3.63) is 87.6 Å². The zero-order valence-electron chi connectivity index (χ0n) is 27.3. The number of hydrogen-bond donors (Lipinski definition) is 1. The number of anilines is 1. The summed E-state index contributed by atoms with van der Waals surface area (Å²) in [5.74, 6) is 1.59. The largest absolute Gasteiger partial charge is 0.493 e. The van der Waals surface area contributed by atoms with E-state index in [1.54, 1.807) is 0 Å². The van der Waals surface area contributed by atoms with Gasteiger partial charge in [0.2, 0.25) is 0 Å². The van der Waals surface area contributed by atoms with Gasteiger partial charge in [0.15, 0.2) is 6.10 Å². The van der Waals surface area contributed by atoms with Gasteiger partial charge < -0.3 is 19.5 Å². The Kier molecular flexibility index (Phi) is 8.12. The molecule has 8 nitrogen and oxygen atoms in total. The molecule has 4 heterocycles. The highest BCUT2D eigenvalue weighted by Crippen LogP contribution is 2.44. The van der Waals surface area contributed by atoms with Crippen LogP contribution >= 0.6 is 0 Å². The van der Waals surface area contributed by atoms with Crippen LogP contribution in [0.2, 0.25) is 0 Å². The second-order valence-electron chi connectivity index (χ2n) is 13.2. The van der Waals surface area contributed by atoms with Crippen molar-refractivity contribution in [1.82, 2.24) is 15.0 Å². The molecule has 45 heavy (non-hydrogen) atoms. The maximum Gasteiger partial charge on any atom is 0.337 e. The summed E-state index contributed by atoms with van der Waals surface area (Å²) in [5, 5.41) is 10.5. The number of aryl methyl sites for hydroxylation is 5. The molecule has 2 aliphatic heterocycles. The second kappa shape index (κ2) is 11.9. The van der Waals surface area contributed by atoms with Crippen LogP contribution in [0.3, 0.4) is 0 Å². The van der Waals surface area contributed by atoms with Crippen LogP contribution in [0.25, 0.3) is 22.3 Å². The van der Waals surface area contributed by atoms with E-state index in [0.29, 0.717) is 17.9 Å². The molecular weight excluding hydrogens is 564 g/mol. The summed E-state index contributed by atoms with van der Waals surface area (Å²) in [6.07, 6.45) is 1.54. The quantitative estimate of drug-likeness (QED) is 0.245. The van der Waals surface area contributed by atoms with E-state index >= 15 is 0 Å². The number of ether oxygens (including phenoxy) is 2. The van der Waals surface area contributed by atoms with Crippen LogP contribution in [-0.4, -0.2) is 44.8 Å². The first kappa shape index (κ1) is 30.7. The first-order valence-corrected chi connectivity index (χ1v) is 15.7. The number of carboxylic acid groups (broad SMARTS) is 1. The van der Waals surface area contributed by atoms with Crippen LogP contribution in [-0.2, 0) is 28.9 Å². The van der Waals surface area contributed by atoms with E-state index in [9.17, 15) is 9.90 Å². The van der Waals surface area contributed by atoms with Crippen LogP contribution in [0.4, 0.5) is 5.82 Å². The van der Waals surface area contributed by atoms with Crippen LogP contribution in [0.15, 0.2) is 42.5 Å². The summed E-state index contributed by atoms with van der Waals surface area (Å²) in [6, 6.07) is 14.9. The third-order valence-electron chi connectivity index (χ3n) is 8.55. The Balaban J connectivity index is 1.51. The molecule has 2 aromatic heterocycles. The van der Waals surface area contributed by atoms with Gasteiger partial charge in [-0.1, -0.05) is 24.3 Å². The van der Waals surface area contributed by atoms with Gasteiger partial charge in [-0.15, -0.1) is 0 Å². The number of rotatable bonds is 6. The molecule has 234 valence electrons. The second-order valence-corrected chi connectivity index (χ2v) is 13.2. The Morgan fingerprint density at radius 3 is 2.36 bits per heavy atom. The van der Waals surface area contributed by atoms with Crippen molar-refractivity contribution < 1.29 is 19.4 Å². The van der Waals surface area contributed by atoms with Crippen LogP contribution < -0.4 is 9.64 Å². The van der Waals surface area contributed by atoms with Crippen molar-refractivity contribution in [3.8, 4) is 28.0 Å². The van der Waals surface area contributed by atoms with Gasteiger partial charge in [-0.25, -0.2) is 14.8 Å². The third kappa shape index (κ3) is 6.29. The van der Waals surface area contributed by atoms with E-state index in [1.807, 2.05) is 66.7 Å². The number of aromatic nitrogens is 3.